The predicted octanol–water partition coefficient (Wildman–Crippen LogP) is 5.92. The highest BCUT2D eigenvalue weighted by molar-refractivity contribution is 7.99. The molecule has 0 spiro atoms. The van der Waals surface area contributed by atoms with Gasteiger partial charge in [-0.25, -0.2) is 4.79 Å². The van der Waals surface area contributed by atoms with Gasteiger partial charge < -0.3 is 5.11 Å². The van der Waals surface area contributed by atoms with E-state index in [1.807, 2.05) is 37.7 Å². The molecule has 0 aromatic heterocycles. The minimum atomic E-state index is -0.876. The average molecular weight is 352 g/mol. The summed E-state index contributed by atoms with van der Waals surface area (Å²) in [6.07, 6.45) is 3.30. The Bertz CT molecular complexity index is 862. The van der Waals surface area contributed by atoms with Crippen LogP contribution in [0.15, 0.2) is 47.4 Å². The summed E-state index contributed by atoms with van der Waals surface area (Å²) < 4.78 is 0. The molecule has 0 saturated heterocycles. The van der Waals surface area contributed by atoms with E-state index in [1.54, 1.807) is 6.07 Å². The molecule has 3 heteroatoms. The van der Waals surface area contributed by atoms with Crippen LogP contribution in [0.5, 0.6) is 0 Å². The zero-order chi connectivity index (χ0) is 18.2. The first kappa shape index (κ1) is 17.8. The van der Waals surface area contributed by atoms with Gasteiger partial charge in [-0.15, -0.1) is 11.8 Å². The summed E-state index contributed by atoms with van der Waals surface area (Å²) in [6.45, 7) is 8.52. The van der Waals surface area contributed by atoms with Gasteiger partial charge in [-0.05, 0) is 77.5 Å². The monoisotopic (exact) mass is 352 g/mol. The summed E-state index contributed by atoms with van der Waals surface area (Å²) >= 11 is 1.94. The van der Waals surface area contributed by atoms with E-state index >= 15 is 0 Å². The Hall–Kier alpha value is -2.00. The highest BCUT2D eigenvalue weighted by Crippen LogP contribution is 2.43. The van der Waals surface area contributed by atoms with E-state index in [0.29, 0.717) is 5.56 Å². The van der Waals surface area contributed by atoms with E-state index in [0.717, 1.165) is 16.7 Å². The van der Waals surface area contributed by atoms with E-state index in [2.05, 4.69) is 38.1 Å². The van der Waals surface area contributed by atoms with Crippen molar-refractivity contribution in [3.8, 4) is 0 Å². The Kier molecular flexibility index (Phi) is 4.79. The number of fused-ring (bicyclic) bond motifs is 1. The van der Waals surface area contributed by atoms with Gasteiger partial charge in [0.1, 0.15) is 0 Å². The van der Waals surface area contributed by atoms with Crippen molar-refractivity contribution in [3.63, 3.8) is 0 Å². The van der Waals surface area contributed by atoms with Crippen LogP contribution in [0.2, 0.25) is 0 Å². The first-order chi connectivity index (χ1) is 11.8. The molecule has 25 heavy (non-hydrogen) atoms. The maximum absolute atomic E-state index is 11.3. The first-order valence-electron chi connectivity index (χ1n) is 8.62. The Morgan fingerprint density at radius 2 is 1.84 bits per heavy atom. The molecule has 0 aliphatic carbocycles. The predicted molar refractivity (Wildman–Crippen MR) is 106 cm³/mol. The third kappa shape index (κ3) is 3.38. The summed E-state index contributed by atoms with van der Waals surface area (Å²) in [5.41, 5.74) is 6.16. The van der Waals surface area contributed by atoms with Crippen molar-refractivity contribution < 1.29 is 9.90 Å². The molecular weight excluding hydrogens is 328 g/mol. The maximum atomic E-state index is 11.3. The van der Waals surface area contributed by atoms with E-state index < -0.39 is 5.97 Å². The lowest BCUT2D eigenvalue weighted by molar-refractivity contribution is 0.0696. The van der Waals surface area contributed by atoms with Crippen molar-refractivity contribution in [3.05, 3.63) is 70.3 Å². The zero-order valence-corrected chi connectivity index (χ0v) is 16.0. The van der Waals surface area contributed by atoms with Crippen molar-refractivity contribution in [2.45, 2.75) is 44.4 Å². The fourth-order valence-corrected chi connectivity index (χ4v) is 4.96. The normalized spacial score (nSPS) is 16.4. The van der Waals surface area contributed by atoms with Crippen LogP contribution in [0.3, 0.4) is 0 Å². The van der Waals surface area contributed by atoms with E-state index in [4.69, 9.17) is 0 Å². The van der Waals surface area contributed by atoms with Gasteiger partial charge >= 0.3 is 5.97 Å². The summed E-state index contributed by atoms with van der Waals surface area (Å²) in [4.78, 5) is 12.6. The lowest BCUT2D eigenvalue weighted by Crippen LogP contribution is -2.22. The molecule has 0 atom stereocenters. The van der Waals surface area contributed by atoms with Gasteiger partial charge in [-0.3, -0.25) is 0 Å². The van der Waals surface area contributed by atoms with Gasteiger partial charge in [0.15, 0.2) is 0 Å². The van der Waals surface area contributed by atoms with Gasteiger partial charge in [0.05, 0.1) is 5.56 Å². The molecule has 0 radical (unpaired) electrons. The summed E-state index contributed by atoms with van der Waals surface area (Å²) in [5.74, 6) is 0.296. The SMILES string of the molecule is C/C=C(\c1ccc(C(=O)O)c(C)c1)c1ccc2c(c1)C(C)(C)CCS2. The molecule has 2 nitrogen and oxygen atoms in total. The fraction of sp³-hybridized carbons (Fsp3) is 0.318. The zero-order valence-electron chi connectivity index (χ0n) is 15.2. The number of allylic oxidation sites excluding steroid dienone is 1. The molecule has 1 N–H and O–H groups in total. The first-order valence-corrected chi connectivity index (χ1v) is 9.60. The largest absolute Gasteiger partial charge is 0.478 e. The third-order valence-electron chi connectivity index (χ3n) is 5.06. The highest BCUT2D eigenvalue weighted by Gasteiger charge is 2.28. The second kappa shape index (κ2) is 6.72. The average Bonchev–Trinajstić information content (AvgIpc) is 2.55. The van der Waals surface area contributed by atoms with Crippen LogP contribution in [-0.4, -0.2) is 16.8 Å². The van der Waals surface area contributed by atoms with Crippen LogP contribution in [0.4, 0.5) is 0 Å². The van der Waals surface area contributed by atoms with Crippen LogP contribution >= 0.6 is 11.8 Å². The third-order valence-corrected chi connectivity index (χ3v) is 6.14. The van der Waals surface area contributed by atoms with Crippen LogP contribution in [0.25, 0.3) is 5.57 Å². The highest BCUT2D eigenvalue weighted by atomic mass is 32.2. The number of hydrogen-bond acceptors (Lipinski definition) is 2. The number of carboxylic acids is 1. The molecule has 1 heterocycles. The van der Waals surface area contributed by atoms with Gasteiger partial charge in [-0.1, -0.05) is 38.1 Å². The Morgan fingerprint density at radius 1 is 1.16 bits per heavy atom. The van der Waals surface area contributed by atoms with E-state index in [9.17, 15) is 9.90 Å². The Balaban J connectivity index is 2.06. The molecule has 3 rings (SSSR count). The molecule has 2 aromatic rings. The fourth-order valence-electron chi connectivity index (χ4n) is 3.47. The Morgan fingerprint density at radius 3 is 2.48 bits per heavy atom. The number of carbonyl (C=O) groups is 1. The molecule has 1 aliphatic heterocycles. The molecule has 0 amide bonds. The molecule has 0 fully saturated rings. The number of aromatic carboxylic acids is 1. The minimum absolute atomic E-state index is 0.193. The second-order valence-corrected chi connectivity index (χ2v) is 8.37. The smallest absolute Gasteiger partial charge is 0.335 e. The molecule has 0 saturated carbocycles. The molecule has 1 aliphatic rings. The summed E-state index contributed by atoms with van der Waals surface area (Å²) in [5, 5.41) is 9.24. The number of hydrogen-bond donors (Lipinski definition) is 1. The van der Waals surface area contributed by atoms with Crippen molar-refractivity contribution in [1.82, 2.24) is 0 Å². The number of thioether (sulfide) groups is 1. The van der Waals surface area contributed by atoms with Crippen molar-refractivity contribution in [2.75, 3.05) is 5.75 Å². The van der Waals surface area contributed by atoms with Crippen molar-refractivity contribution in [2.24, 2.45) is 0 Å². The minimum Gasteiger partial charge on any atom is -0.478 e. The van der Waals surface area contributed by atoms with Gasteiger partial charge in [0.2, 0.25) is 0 Å². The van der Waals surface area contributed by atoms with E-state index in [1.165, 1.54) is 28.2 Å². The molecule has 0 bridgehead atoms. The molecular formula is C22H24O2S. The molecule has 130 valence electrons. The second-order valence-electron chi connectivity index (χ2n) is 7.23. The number of benzene rings is 2. The number of aryl methyl sites for hydroxylation is 1. The topological polar surface area (TPSA) is 37.3 Å². The number of rotatable bonds is 3. The lowest BCUT2D eigenvalue weighted by atomic mass is 9.80. The summed E-state index contributed by atoms with van der Waals surface area (Å²) in [7, 11) is 0. The lowest BCUT2D eigenvalue weighted by Gasteiger charge is -2.32. The quantitative estimate of drug-likeness (QED) is 0.745. The molecule has 0 unspecified atom stereocenters. The van der Waals surface area contributed by atoms with Crippen LogP contribution in [0.1, 0.15) is 59.8 Å². The summed E-state index contributed by atoms with van der Waals surface area (Å²) in [6, 6.07) is 12.3. The maximum Gasteiger partial charge on any atom is 0.335 e. The van der Waals surface area contributed by atoms with Crippen LogP contribution in [0, 0.1) is 6.92 Å². The van der Waals surface area contributed by atoms with Crippen molar-refractivity contribution in [1.29, 1.82) is 0 Å². The Labute approximate surface area is 154 Å². The van der Waals surface area contributed by atoms with Gasteiger partial charge in [0.25, 0.3) is 0 Å². The van der Waals surface area contributed by atoms with Crippen molar-refractivity contribution >= 4 is 23.3 Å². The van der Waals surface area contributed by atoms with E-state index in [-0.39, 0.29) is 5.41 Å². The van der Waals surface area contributed by atoms with Gasteiger partial charge in [-0.2, -0.15) is 0 Å². The standard InChI is InChI=1S/C22H24O2S/c1-5-17(15-6-8-18(21(23)24)14(2)12-15)16-7-9-20-19(13-16)22(3,4)10-11-25-20/h5-9,12-13H,10-11H2,1-4H3,(H,23,24)/b17-5+. The van der Waals surface area contributed by atoms with Gasteiger partial charge in [0, 0.05) is 4.90 Å². The number of carboxylic acid groups (broad SMARTS) is 1. The molecule has 2 aromatic carbocycles. The van der Waals surface area contributed by atoms with Crippen LogP contribution < -0.4 is 0 Å². The van der Waals surface area contributed by atoms with Crippen LogP contribution in [-0.2, 0) is 5.41 Å².